The SMILES string of the molecule is O=C(NCCc1ccc(Cl)cc1)c1nnc(-c2ccccc2Cl)o1. The van der Waals surface area contributed by atoms with Crippen LogP contribution in [0.2, 0.25) is 10.0 Å². The van der Waals surface area contributed by atoms with Gasteiger partial charge in [0, 0.05) is 11.6 Å². The fourth-order valence-corrected chi connectivity index (χ4v) is 2.45. The number of amides is 1. The van der Waals surface area contributed by atoms with E-state index in [0.29, 0.717) is 28.6 Å². The summed E-state index contributed by atoms with van der Waals surface area (Å²) in [5, 5.41) is 11.5. The summed E-state index contributed by atoms with van der Waals surface area (Å²) in [4.78, 5) is 12.1. The predicted octanol–water partition coefficient (Wildman–Crippen LogP) is 4.02. The van der Waals surface area contributed by atoms with Crippen molar-refractivity contribution in [2.45, 2.75) is 6.42 Å². The molecule has 0 aliphatic heterocycles. The van der Waals surface area contributed by atoms with Crippen molar-refractivity contribution in [2.75, 3.05) is 6.54 Å². The summed E-state index contributed by atoms with van der Waals surface area (Å²) in [7, 11) is 0. The van der Waals surface area contributed by atoms with Gasteiger partial charge in [-0.3, -0.25) is 4.79 Å². The van der Waals surface area contributed by atoms with Gasteiger partial charge in [0.2, 0.25) is 5.89 Å². The maximum atomic E-state index is 12.1. The summed E-state index contributed by atoms with van der Waals surface area (Å²) in [6.07, 6.45) is 0.675. The Balaban J connectivity index is 1.60. The molecule has 1 amide bonds. The molecule has 0 aliphatic rings. The lowest BCUT2D eigenvalue weighted by Gasteiger charge is -2.03. The van der Waals surface area contributed by atoms with Crippen LogP contribution in [0.3, 0.4) is 0 Å². The molecule has 0 radical (unpaired) electrons. The van der Waals surface area contributed by atoms with Gasteiger partial charge >= 0.3 is 11.8 Å². The highest BCUT2D eigenvalue weighted by molar-refractivity contribution is 6.33. The third-order valence-electron chi connectivity index (χ3n) is 3.34. The first-order valence-electron chi connectivity index (χ1n) is 7.24. The van der Waals surface area contributed by atoms with Gasteiger partial charge in [0.25, 0.3) is 0 Å². The number of hydrogen-bond donors (Lipinski definition) is 1. The van der Waals surface area contributed by atoms with Crippen molar-refractivity contribution in [1.82, 2.24) is 15.5 Å². The van der Waals surface area contributed by atoms with E-state index < -0.39 is 5.91 Å². The summed E-state index contributed by atoms with van der Waals surface area (Å²) < 4.78 is 5.39. The van der Waals surface area contributed by atoms with Crippen molar-refractivity contribution in [2.24, 2.45) is 0 Å². The second-order valence-electron chi connectivity index (χ2n) is 5.02. The molecule has 0 bridgehead atoms. The molecule has 3 rings (SSSR count). The zero-order valence-electron chi connectivity index (χ0n) is 12.5. The number of carbonyl (C=O) groups excluding carboxylic acids is 1. The molecule has 0 fully saturated rings. The van der Waals surface area contributed by atoms with E-state index in [0.717, 1.165) is 5.56 Å². The summed E-state index contributed by atoms with van der Waals surface area (Å²) in [6.45, 7) is 0.449. The van der Waals surface area contributed by atoms with Gasteiger partial charge in [-0.2, -0.15) is 0 Å². The molecule has 1 N–H and O–H groups in total. The maximum absolute atomic E-state index is 12.1. The molecule has 7 heteroatoms. The fraction of sp³-hybridized carbons (Fsp3) is 0.118. The first kappa shape index (κ1) is 16.5. The Bertz CT molecular complexity index is 847. The molecule has 1 heterocycles. The predicted molar refractivity (Wildman–Crippen MR) is 92.2 cm³/mol. The van der Waals surface area contributed by atoms with E-state index in [1.165, 1.54) is 0 Å². The van der Waals surface area contributed by atoms with E-state index in [1.807, 2.05) is 24.3 Å². The number of halogens is 2. The van der Waals surface area contributed by atoms with Gasteiger partial charge in [0.05, 0.1) is 10.6 Å². The molecule has 2 aromatic carbocycles. The quantitative estimate of drug-likeness (QED) is 0.745. The molecule has 3 aromatic rings. The van der Waals surface area contributed by atoms with Gasteiger partial charge in [-0.05, 0) is 36.2 Å². The molecule has 0 saturated heterocycles. The number of nitrogens with zero attached hydrogens (tertiary/aromatic N) is 2. The van der Waals surface area contributed by atoms with Crippen LogP contribution in [-0.4, -0.2) is 22.6 Å². The first-order valence-corrected chi connectivity index (χ1v) is 8.00. The highest BCUT2D eigenvalue weighted by Gasteiger charge is 2.16. The number of benzene rings is 2. The van der Waals surface area contributed by atoms with E-state index in [1.54, 1.807) is 24.3 Å². The van der Waals surface area contributed by atoms with Crippen LogP contribution < -0.4 is 5.32 Å². The molecular formula is C17H13Cl2N3O2. The van der Waals surface area contributed by atoms with Crippen molar-refractivity contribution in [3.05, 3.63) is 70.0 Å². The molecule has 122 valence electrons. The van der Waals surface area contributed by atoms with E-state index >= 15 is 0 Å². The Hall–Kier alpha value is -2.37. The lowest BCUT2D eigenvalue weighted by Crippen LogP contribution is -2.26. The fourth-order valence-electron chi connectivity index (χ4n) is 2.11. The molecule has 0 aliphatic carbocycles. The van der Waals surface area contributed by atoms with Crippen molar-refractivity contribution >= 4 is 29.1 Å². The molecule has 0 saturated carbocycles. The molecule has 0 unspecified atom stereocenters. The molecule has 0 atom stereocenters. The zero-order chi connectivity index (χ0) is 16.9. The van der Waals surface area contributed by atoms with Crippen LogP contribution in [0.25, 0.3) is 11.5 Å². The minimum absolute atomic E-state index is 0.0963. The Morgan fingerprint density at radius 3 is 2.54 bits per heavy atom. The van der Waals surface area contributed by atoms with E-state index in [9.17, 15) is 4.79 Å². The Morgan fingerprint density at radius 2 is 1.79 bits per heavy atom. The monoisotopic (exact) mass is 361 g/mol. The minimum atomic E-state index is -0.422. The van der Waals surface area contributed by atoms with Crippen LogP contribution in [-0.2, 0) is 6.42 Å². The molecule has 0 spiro atoms. The summed E-state index contributed by atoms with van der Waals surface area (Å²) >= 11 is 11.9. The smallest absolute Gasteiger partial charge is 0.308 e. The summed E-state index contributed by atoms with van der Waals surface area (Å²) in [5.41, 5.74) is 1.66. The third-order valence-corrected chi connectivity index (χ3v) is 3.92. The topological polar surface area (TPSA) is 68.0 Å². The standard InChI is InChI=1S/C17H13Cl2N3O2/c18-12-7-5-11(6-8-12)9-10-20-15(23)17-22-21-16(24-17)13-3-1-2-4-14(13)19/h1-8H,9-10H2,(H,20,23). The largest absolute Gasteiger partial charge is 0.412 e. The van der Waals surface area contributed by atoms with Crippen LogP contribution >= 0.6 is 23.2 Å². The first-order chi connectivity index (χ1) is 11.6. The van der Waals surface area contributed by atoms with Gasteiger partial charge in [0.15, 0.2) is 0 Å². The normalized spacial score (nSPS) is 10.6. The lowest BCUT2D eigenvalue weighted by atomic mass is 10.1. The van der Waals surface area contributed by atoms with Crippen molar-refractivity contribution in [3.63, 3.8) is 0 Å². The van der Waals surface area contributed by atoms with Crippen LogP contribution in [0, 0.1) is 0 Å². The van der Waals surface area contributed by atoms with E-state index in [4.69, 9.17) is 27.6 Å². The molecular weight excluding hydrogens is 349 g/mol. The van der Waals surface area contributed by atoms with E-state index in [2.05, 4.69) is 15.5 Å². The highest BCUT2D eigenvalue weighted by Crippen LogP contribution is 2.26. The van der Waals surface area contributed by atoms with Gasteiger partial charge in [-0.25, -0.2) is 0 Å². The number of carbonyl (C=O) groups is 1. The number of aromatic nitrogens is 2. The van der Waals surface area contributed by atoms with Crippen molar-refractivity contribution in [1.29, 1.82) is 0 Å². The maximum Gasteiger partial charge on any atom is 0.308 e. The average Bonchev–Trinajstić information content (AvgIpc) is 3.07. The highest BCUT2D eigenvalue weighted by atomic mass is 35.5. The average molecular weight is 362 g/mol. The number of nitrogens with one attached hydrogen (secondary N) is 1. The molecule has 24 heavy (non-hydrogen) atoms. The third kappa shape index (κ3) is 3.93. The second kappa shape index (κ2) is 7.47. The minimum Gasteiger partial charge on any atom is -0.412 e. The van der Waals surface area contributed by atoms with Crippen molar-refractivity contribution in [3.8, 4) is 11.5 Å². The second-order valence-corrected chi connectivity index (χ2v) is 5.87. The Labute approximate surface area is 148 Å². The lowest BCUT2D eigenvalue weighted by molar-refractivity contribution is 0.0920. The van der Waals surface area contributed by atoms with Gasteiger partial charge in [-0.15, -0.1) is 10.2 Å². The van der Waals surface area contributed by atoms with Crippen LogP contribution in [0.5, 0.6) is 0 Å². The van der Waals surface area contributed by atoms with Crippen molar-refractivity contribution < 1.29 is 9.21 Å². The van der Waals surface area contributed by atoms with E-state index in [-0.39, 0.29) is 11.8 Å². The number of hydrogen-bond acceptors (Lipinski definition) is 4. The van der Waals surface area contributed by atoms with Gasteiger partial charge < -0.3 is 9.73 Å². The zero-order valence-corrected chi connectivity index (χ0v) is 14.0. The molecule has 1 aromatic heterocycles. The summed E-state index contributed by atoms with van der Waals surface area (Å²) in [5.74, 6) is -0.306. The van der Waals surface area contributed by atoms with Gasteiger partial charge in [-0.1, -0.05) is 47.5 Å². The van der Waals surface area contributed by atoms with Crippen LogP contribution in [0.1, 0.15) is 16.2 Å². The Kier molecular flexibility index (Phi) is 5.13. The molecule has 5 nitrogen and oxygen atoms in total. The van der Waals surface area contributed by atoms with Crippen LogP contribution in [0.4, 0.5) is 0 Å². The summed E-state index contributed by atoms with van der Waals surface area (Å²) in [6, 6.07) is 14.5. The van der Waals surface area contributed by atoms with Crippen LogP contribution in [0.15, 0.2) is 52.9 Å². The van der Waals surface area contributed by atoms with Gasteiger partial charge in [0.1, 0.15) is 0 Å². The number of rotatable bonds is 5. The Morgan fingerprint density at radius 1 is 1.04 bits per heavy atom.